The third kappa shape index (κ3) is 1.34. The number of hydrogen-bond acceptors (Lipinski definition) is 1. The molecule has 1 saturated carbocycles. The zero-order chi connectivity index (χ0) is 5.98. The van der Waals surface area contributed by atoms with Crippen molar-refractivity contribution in [2.75, 3.05) is 0 Å². The van der Waals surface area contributed by atoms with Gasteiger partial charge in [0, 0.05) is 0 Å². The van der Waals surface area contributed by atoms with E-state index in [9.17, 15) is 0 Å². The van der Waals surface area contributed by atoms with Gasteiger partial charge in [-0.2, -0.15) is 0 Å². The molecule has 0 spiro atoms. The van der Waals surface area contributed by atoms with Crippen LogP contribution in [0.3, 0.4) is 0 Å². The lowest BCUT2D eigenvalue weighted by Crippen LogP contribution is -2.06. The molecule has 46 valence electrons. The molecule has 0 saturated heterocycles. The summed E-state index contributed by atoms with van der Waals surface area (Å²) in [5.41, 5.74) is 0. The Morgan fingerprint density at radius 1 is 1.75 bits per heavy atom. The molecule has 0 unspecified atom stereocenters. The quantitative estimate of drug-likeness (QED) is 0.546. The molecule has 8 heavy (non-hydrogen) atoms. The minimum absolute atomic E-state index is 0.0903. The van der Waals surface area contributed by atoms with Crippen LogP contribution in [0, 0.1) is 5.92 Å². The van der Waals surface area contributed by atoms with Crippen molar-refractivity contribution in [2.45, 2.75) is 25.4 Å². The second-order valence-corrected chi connectivity index (χ2v) is 2.43. The maximum atomic E-state index is 9.12. The van der Waals surface area contributed by atoms with Crippen molar-refractivity contribution in [2.24, 2.45) is 5.92 Å². The number of aliphatic hydroxyl groups excluding tert-OH is 1. The van der Waals surface area contributed by atoms with Crippen LogP contribution in [0.4, 0.5) is 0 Å². The first-order chi connectivity index (χ1) is 3.84. The normalized spacial score (nSPS) is 22.6. The molecule has 1 aliphatic rings. The minimum atomic E-state index is -0.0903. The first-order valence-corrected chi connectivity index (χ1v) is 3.13. The van der Waals surface area contributed by atoms with Crippen LogP contribution in [-0.4, -0.2) is 11.2 Å². The lowest BCUT2D eigenvalue weighted by atomic mass is 10.2. The van der Waals surface area contributed by atoms with Gasteiger partial charge in [-0.15, -0.1) is 6.58 Å². The second kappa shape index (κ2) is 2.31. The highest BCUT2D eigenvalue weighted by Crippen LogP contribution is 2.33. The van der Waals surface area contributed by atoms with Gasteiger partial charge in [0.05, 0.1) is 6.10 Å². The third-order valence-corrected chi connectivity index (χ3v) is 1.57. The van der Waals surface area contributed by atoms with E-state index >= 15 is 0 Å². The molecule has 1 atom stereocenters. The summed E-state index contributed by atoms with van der Waals surface area (Å²) in [4.78, 5) is 0. The van der Waals surface area contributed by atoms with Gasteiger partial charge >= 0.3 is 0 Å². The number of aliphatic hydroxyl groups is 1. The Morgan fingerprint density at radius 2 is 2.38 bits per heavy atom. The molecule has 1 aliphatic carbocycles. The fourth-order valence-electron chi connectivity index (χ4n) is 0.844. The second-order valence-electron chi connectivity index (χ2n) is 2.43. The van der Waals surface area contributed by atoms with E-state index in [2.05, 4.69) is 6.58 Å². The topological polar surface area (TPSA) is 20.2 Å². The first-order valence-electron chi connectivity index (χ1n) is 3.13. The van der Waals surface area contributed by atoms with Gasteiger partial charge in [-0.3, -0.25) is 0 Å². The van der Waals surface area contributed by atoms with E-state index in [1.165, 1.54) is 12.8 Å². The molecular weight excluding hydrogens is 100 g/mol. The van der Waals surface area contributed by atoms with E-state index in [0.29, 0.717) is 5.92 Å². The molecule has 1 rings (SSSR count). The molecule has 0 amide bonds. The van der Waals surface area contributed by atoms with Crippen molar-refractivity contribution in [3.63, 3.8) is 0 Å². The number of rotatable bonds is 3. The van der Waals surface area contributed by atoms with Gasteiger partial charge in [0.1, 0.15) is 0 Å². The monoisotopic (exact) mass is 112 g/mol. The van der Waals surface area contributed by atoms with Crippen LogP contribution in [0.5, 0.6) is 0 Å². The maximum absolute atomic E-state index is 9.12. The average molecular weight is 112 g/mol. The van der Waals surface area contributed by atoms with Crippen LogP contribution in [-0.2, 0) is 0 Å². The van der Waals surface area contributed by atoms with Crippen molar-refractivity contribution >= 4 is 0 Å². The predicted molar refractivity (Wildman–Crippen MR) is 33.5 cm³/mol. The van der Waals surface area contributed by atoms with E-state index in [1.54, 1.807) is 6.08 Å². The molecule has 0 aromatic heterocycles. The van der Waals surface area contributed by atoms with Gasteiger partial charge in [-0.25, -0.2) is 0 Å². The molecule has 0 heterocycles. The zero-order valence-electron chi connectivity index (χ0n) is 5.01. The van der Waals surface area contributed by atoms with Gasteiger partial charge in [0.15, 0.2) is 0 Å². The van der Waals surface area contributed by atoms with Crippen molar-refractivity contribution in [3.05, 3.63) is 12.7 Å². The van der Waals surface area contributed by atoms with Crippen molar-refractivity contribution < 1.29 is 5.11 Å². The highest BCUT2D eigenvalue weighted by molar-refractivity contribution is 4.85. The van der Waals surface area contributed by atoms with Crippen LogP contribution < -0.4 is 0 Å². The Morgan fingerprint density at radius 3 is 2.75 bits per heavy atom. The largest absolute Gasteiger partial charge is 0.393 e. The fraction of sp³-hybridized carbons (Fsp3) is 0.714. The summed E-state index contributed by atoms with van der Waals surface area (Å²) in [6.07, 6.45) is 4.89. The highest BCUT2D eigenvalue weighted by atomic mass is 16.3. The SMILES string of the molecule is C=CC[C@@H](O)C1CC1. The lowest BCUT2D eigenvalue weighted by Gasteiger charge is -2.02. The Hall–Kier alpha value is -0.300. The molecule has 0 aliphatic heterocycles. The smallest absolute Gasteiger partial charge is 0.0602 e. The Bertz CT molecular complexity index is 84.4. The lowest BCUT2D eigenvalue weighted by molar-refractivity contribution is 0.154. The van der Waals surface area contributed by atoms with E-state index in [1.807, 2.05) is 0 Å². The molecule has 0 aromatic rings. The van der Waals surface area contributed by atoms with Crippen LogP contribution in [0.2, 0.25) is 0 Å². The summed E-state index contributed by atoms with van der Waals surface area (Å²) in [6.45, 7) is 3.55. The van der Waals surface area contributed by atoms with Gasteiger partial charge < -0.3 is 5.11 Å². The van der Waals surface area contributed by atoms with Crippen LogP contribution in [0.25, 0.3) is 0 Å². The van der Waals surface area contributed by atoms with E-state index in [-0.39, 0.29) is 6.10 Å². The van der Waals surface area contributed by atoms with E-state index in [0.717, 1.165) is 6.42 Å². The summed E-state index contributed by atoms with van der Waals surface area (Å²) >= 11 is 0. The minimum Gasteiger partial charge on any atom is -0.393 e. The summed E-state index contributed by atoms with van der Waals surface area (Å²) in [7, 11) is 0. The summed E-state index contributed by atoms with van der Waals surface area (Å²) < 4.78 is 0. The van der Waals surface area contributed by atoms with E-state index < -0.39 is 0 Å². The molecule has 0 bridgehead atoms. The van der Waals surface area contributed by atoms with Crippen molar-refractivity contribution in [3.8, 4) is 0 Å². The summed E-state index contributed by atoms with van der Waals surface area (Å²) in [6, 6.07) is 0. The number of hydrogen-bond donors (Lipinski definition) is 1. The zero-order valence-corrected chi connectivity index (χ0v) is 5.01. The highest BCUT2D eigenvalue weighted by Gasteiger charge is 2.28. The van der Waals surface area contributed by atoms with E-state index in [4.69, 9.17) is 5.11 Å². The Labute approximate surface area is 50.0 Å². The van der Waals surface area contributed by atoms with Gasteiger partial charge in [-0.1, -0.05) is 6.08 Å². The molecule has 1 nitrogen and oxygen atoms in total. The first kappa shape index (κ1) is 5.83. The molecule has 1 heteroatoms. The van der Waals surface area contributed by atoms with Gasteiger partial charge in [0.25, 0.3) is 0 Å². The summed E-state index contributed by atoms with van der Waals surface area (Å²) in [5.74, 6) is 0.605. The maximum Gasteiger partial charge on any atom is 0.0602 e. The Balaban J connectivity index is 2.12. The van der Waals surface area contributed by atoms with Crippen molar-refractivity contribution in [1.29, 1.82) is 0 Å². The molecular formula is C7H12O. The summed E-state index contributed by atoms with van der Waals surface area (Å²) in [5, 5.41) is 9.12. The standard InChI is InChI=1S/C7H12O/c1-2-3-7(8)6-4-5-6/h2,6-8H,1,3-5H2/t7-/m1/s1. The Kier molecular flexibility index (Phi) is 1.69. The van der Waals surface area contributed by atoms with Crippen LogP contribution in [0.1, 0.15) is 19.3 Å². The van der Waals surface area contributed by atoms with Gasteiger partial charge in [-0.05, 0) is 25.2 Å². The van der Waals surface area contributed by atoms with Crippen molar-refractivity contribution in [1.82, 2.24) is 0 Å². The molecule has 0 aromatic carbocycles. The average Bonchev–Trinajstić information content (AvgIpc) is 2.45. The van der Waals surface area contributed by atoms with Crippen LogP contribution in [0.15, 0.2) is 12.7 Å². The predicted octanol–water partition coefficient (Wildman–Crippen LogP) is 1.33. The van der Waals surface area contributed by atoms with Gasteiger partial charge in [0.2, 0.25) is 0 Å². The fourth-order valence-corrected chi connectivity index (χ4v) is 0.844. The molecule has 0 radical (unpaired) electrons. The molecule has 1 fully saturated rings. The van der Waals surface area contributed by atoms with Crippen LogP contribution >= 0.6 is 0 Å². The third-order valence-electron chi connectivity index (χ3n) is 1.57. The molecule has 1 N–H and O–H groups in total.